The third-order valence-electron chi connectivity index (χ3n) is 4.01. The SMILES string of the molecule is CCn1nc(C(=O)O)c(Cl)c1-c1ccc(CC(C)C(F)(F)F)cc1OC(F)F. The van der Waals surface area contributed by atoms with Gasteiger partial charge in [-0.25, -0.2) is 4.79 Å². The van der Waals surface area contributed by atoms with Crippen molar-refractivity contribution < 1.29 is 36.6 Å². The van der Waals surface area contributed by atoms with Crippen LogP contribution in [0.5, 0.6) is 5.75 Å². The molecule has 1 N–H and O–H groups in total. The van der Waals surface area contributed by atoms with Gasteiger partial charge in [0.15, 0.2) is 5.69 Å². The van der Waals surface area contributed by atoms with Crippen molar-refractivity contribution in [2.24, 2.45) is 5.92 Å². The van der Waals surface area contributed by atoms with Gasteiger partial charge in [0.2, 0.25) is 0 Å². The van der Waals surface area contributed by atoms with Crippen LogP contribution in [0.2, 0.25) is 5.02 Å². The first-order chi connectivity index (χ1) is 13.0. The number of carboxylic acid groups (broad SMARTS) is 1. The smallest absolute Gasteiger partial charge is 0.391 e. The molecule has 0 aliphatic heterocycles. The molecule has 1 atom stereocenters. The van der Waals surface area contributed by atoms with Crippen molar-refractivity contribution in [2.75, 3.05) is 0 Å². The highest BCUT2D eigenvalue weighted by atomic mass is 35.5. The van der Waals surface area contributed by atoms with E-state index in [4.69, 9.17) is 16.7 Å². The molecule has 2 aromatic rings. The first-order valence-corrected chi connectivity index (χ1v) is 8.47. The summed E-state index contributed by atoms with van der Waals surface area (Å²) >= 11 is 6.07. The zero-order valence-electron chi connectivity index (χ0n) is 14.7. The fourth-order valence-electron chi connectivity index (χ4n) is 2.61. The Balaban J connectivity index is 2.57. The highest BCUT2D eigenvalue weighted by Gasteiger charge is 2.36. The second-order valence-corrected chi connectivity index (χ2v) is 6.37. The molecule has 0 spiro atoms. The van der Waals surface area contributed by atoms with Crippen LogP contribution in [0.3, 0.4) is 0 Å². The Morgan fingerprint density at radius 1 is 1.36 bits per heavy atom. The first-order valence-electron chi connectivity index (χ1n) is 8.10. The summed E-state index contributed by atoms with van der Waals surface area (Å²) in [6.45, 7) is -0.469. The molecule has 1 unspecified atom stereocenters. The highest BCUT2D eigenvalue weighted by Crippen LogP contribution is 2.39. The van der Waals surface area contributed by atoms with Gasteiger partial charge in [-0.3, -0.25) is 4.68 Å². The molecule has 0 amide bonds. The van der Waals surface area contributed by atoms with Crippen molar-refractivity contribution in [3.05, 3.63) is 34.5 Å². The van der Waals surface area contributed by atoms with Gasteiger partial charge in [0, 0.05) is 12.1 Å². The van der Waals surface area contributed by atoms with Crippen LogP contribution >= 0.6 is 11.6 Å². The number of rotatable bonds is 7. The fraction of sp³-hybridized carbons (Fsp3) is 0.412. The summed E-state index contributed by atoms with van der Waals surface area (Å²) < 4.78 is 69.7. The third-order valence-corrected chi connectivity index (χ3v) is 4.37. The number of carbonyl (C=O) groups is 1. The summed E-state index contributed by atoms with van der Waals surface area (Å²) in [5.41, 5.74) is -0.333. The van der Waals surface area contributed by atoms with E-state index in [1.165, 1.54) is 16.8 Å². The summed E-state index contributed by atoms with van der Waals surface area (Å²) in [4.78, 5) is 11.2. The Kier molecular flexibility index (Phi) is 6.53. The molecule has 0 saturated carbocycles. The van der Waals surface area contributed by atoms with Crippen LogP contribution in [-0.4, -0.2) is 33.6 Å². The van der Waals surface area contributed by atoms with Gasteiger partial charge in [-0.15, -0.1) is 0 Å². The van der Waals surface area contributed by atoms with Gasteiger partial charge >= 0.3 is 18.8 Å². The molecular weight excluding hydrogens is 411 g/mol. The minimum atomic E-state index is -4.44. The Labute approximate surface area is 161 Å². The maximum absolute atomic E-state index is 12.9. The molecular formula is C17H16ClF5N2O3. The lowest BCUT2D eigenvalue weighted by Crippen LogP contribution is -2.21. The number of aromatic carboxylic acids is 1. The minimum Gasteiger partial charge on any atom is -0.476 e. The van der Waals surface area contributed by atoms with Crippen molar-refractivity contribution in [3.8, 4) is 17.0 Å². The van der Waals surface area contributed by atoms with Gasteiger partial charge in [0.05, 0.1) is 11.6 Å². The summed E-state index contributed by atoms with van der Waals surface area (Å²) in [6, 6.07) is 3.64. The lowest BCUT2D eigenvalue weighted by atomic mass is 9.98. The van der Waals surface area contributed by atoms with E-state index in [1.54, 1.807) is 6.92 Å². The lowest BCUT2D eigenvalue weighted by Gasteiger charge is -2.18. The monoisotopic (exact) mass is 426 g/mol. The van der Waals surface area contributed by atoms with E-state index in [9.17, 15) is 26.7 Å². The highest BCUT2D eigenvalue weighted by molar-refractivity contribution is 6.35. The van der Waals surface area contributed by atoms with Crippen molar-refractivity contribution in [1.29, 1.82) is 0 Å². The Morgan fingerprint density at radius 2 is 2.00 bits per heavy atom. The van der Waals surface area contributed by atoms with E-state index in [0.29, 0.717) is 0 Å². The first kappa shape index (κ1) is 21.9. The molecule has 0 fully saturated rings. The number of nitrogens with zero attached hydrogens (tertiary/aromatic N) is 2. The molecule has 0 aliphatic rings. The Bertz CT molecular complexity index is 867. The van der Waals surface area contributed by atoms with E-state index < -0.39 is 42.5 Å². The van der Waals surface area contributed by atoms with Crippen LogP contribution in [0.1, 0.15) is 29.9 Å². The van der Waals surface area contributed by atoms with Crippen LogP contribution in [0, 0.1) is 5.92 Å². The van der Waals surface area contributed by atoms with E-state index in [2.05, 4.69) is 9.84 Å². The van der Waals surface area contributed by atoms with E-state index in [1.807, 2.05) is 0 Å². The van der Waals surface area contributed by atoms with Gasteiger partial charge in [-0.05, 0) is 31.0 Å². The molecule has 0 saturated heterocycles. The van der Waals surface area contributed by atoms with Crippen LogP contribution in [0.15, 0.2) is 18.2 Å². The second kappa shape index (κ2) is 8.34. The number of hydrogen-bond donors (Lipinski definition) is 1. The molecule has 5 nitrogen and oxygen atoms in total. The van der Waals surface area contributed by atoms with Gasteiger partial charge in [-0.1, -0.05) is 24.6 Å². The number of aromatic nitrogens is 2. The number of alkyl halides is 5. The second-order valence-electron chi connectivity index (χ2n) is 5.99. The summed E-state index contributed by atoms with van der Waals surface area (Å²) in [5, 5.41) is 12.7. The summed E-state index contributed by atoms with van der Waals surface area (Å²) in [5.74, 6) is -3.53. The zero-order chi connectivity index (χ0) is 21.2. The van der Waals surface area contributed by atoms with Gasteiger partial charge in [0.1, 0.15) is 10.8 Å². The van der Waals surface area contributed by atoms with Crippen molar-refractivity contribution in [2.45, 2.75) is 39.6 Å². The van der Waals surface area contributed by atoms with E-state index >= 15 is 0 Å². The molecule has 28 heavy (non-hydrogen) atoms. The molecule has 154 valence electrons. The number of benzene rings is 1. The average Bonchev–Trinajstić information content (AvgIpc) is 2.90. The van der Waals surface area contributed by atoms with E-state index in [0.717, 1.165) is 13.0 Å². The van der Waals surface area contributed by atoms with Gasteiger partial charge in [-0.2, -0.15) is 27.1 Å². The van der Waals surface area contributed by atoms with Gasteiger partial charge in [0.25, 0.3) is 0 Å². The average molecular weight is 427 g/mol. The molecule has 1 aromatic carbocycles. The molecule has 1 heterocycles. The molecule has 0 aliphatic carbocycles. The maximum atomic E-state index is 12.9. The Hall–Kier alpha value is -2.36. The van der Waals surface area contributed by atoms with Crippen molar-refractivity contribution >= 4 is 17.6 Å². The number of hydrogen-bond acceptors (Lipinski definition) is 3. The predicted octanol–water partition coefficient (Wildman–Crippen LogP) is 5.26. The van der Waals surface area contributed by atoms with Crippen LogP contribution in [0.4, 0.5) is 22.0 Å². The zero-order valence-corrected chi connectivity index (χ0v) is 15.5. The Morgan fingerprint density at radius 3 is 2.50 bits per heavy atom. The maximum Gasteiger partial charge on any atom is 0.391 e. The standard InChI is InChI=1S/C17H16ClF5N2O3/c1-3-25-14(12(18)13(24-25)15(26)27)10-5-4-9(6-8(2)17(21,22)23)7-11(10)28-16(19)20/h4-5,7-8,16H,3,6H2,1-2H3,(H,26,27). The predicted molar refractivity (Wildman–Crippen MR) is 90.9 cm³/mol. The lowest BCUT2D eigenvalue weighted by molar-refractivity contribution is -0.169. The largest absolute Gasteiger partial charge is 0.476 e. The quantitative estimate of drug-likeness (QED) is 0.613. The molecule has 11 heteroatoms. The summed E-state index contributed by atoms with van der Waals surface area (Å²) in [7, 11) is 0. The van der Waals surface area contributed by atoms with Crippen LogP contribution < -0.4 is 4.74 Å². The molecule has 2 rings (SSSR count). The van der Waals surface area contributed by atoms with Gasteiger partial charge < -0.3 is 9.84 Å². The number of halogens is 6. The van der Waals surface area contributed by atoms with Crippen LogP contribution in [0.25, 0.3) is 11.3 Å². The fourth-order valence-corrected chi connectivity index (χ4v) is 2.93. The number of ether oxygens (including phenoxy) is 1. The topological polar surface area (TPSA) is 64.4 Å². The number of carboxylic acids is 1. The minimum absolute atomic E-state index is 0.00411. The van der Waals surface area contributed by atoms with Crippen LogP contribution in [-0.2, 0) is 13.0 Å². The third kappa shape index (κ3) is 4.73. The number of aryl methyl sites for hydroxylation is 1. The van der Waals surface area contributed by atoms with Crippen molar-refractivity contribution in [3.63, 3.8) is 0 Å². The molecule has 0 radical (unpaired) electrons. The molecule has 1 aromatic heterocycles. The van der Waals surface area contributed by atoms with E-state index in [-0.39, 0.29) is 28.4 Å². The molecule has 0 bridgehead atoms. The summed E-state index contributed by atoms with van der Waals surface area (Å²) in [6.07, 6.45) is -4.88. The normalized spacial score (nSPS) is 13.0. The van der Waals surface area contributed by atoms with Crippen molar-refractivity contribution in [1.82, 2.24) is 9.78 Å².